The van der Waals surface area contributed by atoms with Crippen LogP contribution in [0.15, 0.2) is 34.9 Å². The normalized spacial score (nSPS) is 15.5. The molecule has 1 saturated carbocycles. The zero-order valence-electron chi connectivity index (χ0n) is 8.20. The minimum atomic E-state index is 0.735. The largest absolute Gasteiger partial charge is 0.342 e. The second kappa shape index (κ2) is 3.49. The Labute approximate surface area is 96.9 Å². The van der Waals surface area contributed by atoms with Crippen molar-refractivity contribution in [1.29, 1.82) is 0 Å². The third kappa shape index (κ3) is 1.84. The second-order valence-corrected chi connectivity index (χ2v) is 4.89. The Hall–Kier alpha value is -1.09. The van der Waals surface area contributed by atoms with Crippen LogP contribution in [0.1, 0.15) is 24.5 Å². The lowest BCUT2D eigenvalue weighted by atomic mass is 10.2. The van der Waals surface area contributed by atoms with Crippen molar-refractivity contribution < 1.29 is 0 Å². The van der Waals surface area contributed by atoms with Crippen molar-refractivity contribution in [2.24, 2.45) is 0 Å². The van der Waals surface area contributed by atoms with Crippen LogP contribution in [-0.2, 0) is 0 Å². The first-order valence-corrected chi connectivity index (χ1v) is 5.93. The third-order valence-corrected chi connectivity index (χ3v) is 3.20. The summed E-state index contributed by atoms with van der Waals surface area (Å²) in [5, 5.41) is 0. The van der Waals surface area contributed by atoms with Crippen LogP contribution in [0.3, 0.4) is 0 Å². The van der Waals surface area contributed by atoms with Gasteiger partial charge in [0, 0.05) is 27.8 Å². The summed E-state index contributed by atoms with van der Waals surface area (Å²) in [5.74, 6) is 1.71. The molecule has 1 aromatic heterocycles. The Bertz CT molecular complexity index is 486. The van der Waals surface area contributed by atoms with E-state index in [9.17, 15) is 0 Å². The van der Waals surface area contributed by atoms with E-state index in [1.54, 1.807) is 0 Å². The molecule has 0 amide bonds. The molecule has 2 aromatic rings. The standard InChI is InChI=1S/C12H11BrN2/c13-10-3-1-2-9(6-10)12-14-7-11(15-12)8-4-5-8/h1-3,6-8H,4-5H2,(H,14,15). The number of halogens is 1. The quantitative estimate of drug-likeness (QED) is 0.878. The van der Waals surface area contributed by atoms with E-state index < -0.39 is 0 Å². The summed E-state index contributed by atoms with van der Waals surface area (Å²) in [5.41, 5.74) is 2.42. The second-order valence-electron chi connectivity index (χ2n) is 3.97. The van der Waals surface area contributed by atoms with Gasteiger partial charge in [0.15, 0.2) is 0 Å². The Balaban J connectivity index is 1.97. The molecule has 0 bridgehead atoms. The highest BCUT2D eigenvalue weighted by Crippen LogP contribution is 2.39. The molecule has 0 atom stereocenters. The lowest BCUT2D eigenvalue weighted by molar-refractivity contribution is 1.05. The monoisotopic (exact) mass is 262 g/mol. The predicted molar refractivity (Wildman–Crippen MR) is 63.7 cm³/mol. The van der Waals surface area contributed by atoms with Gasteiger partial charge < -0.3 is 4.98 Å². The summed E-state index contributed by atoms with van der Waals surface area (Å²) < 4.78 is 1.09. The van der Waals surface area contributed by atoms with Crippen LogP contribution in [0, 0.1) is 0 Å². The molecule has 3 rings (SSSR count). The van der Waals surface area contributed by atoms with Crippen LogP contribution in [0.25, 0.3) is 11.4 Å². The fourth-order valence-corrected chi connectivity index (χ4v) is 2.12. The lowest BCUT2D eigenvalue weighted by Gasteiger charge is -1.97. The Morgan fingerprint density at radius 1 is 1.33 bits per heavy atom. The molecule has 15 heavy (non-hydrogen) atoms. The van der Waals surface area contributed by atoms with E-state index in [1.807, 2.05) is 18.3 Å². The zero-order chi connectivity index (χ0) is 10.3. The number of hydrogen-bond donors (Lipinski definition) is 1. The van der Waals surface area contributed by atoms with Crippen LogP contribution in [0.5, 0.6) is 0 Å². The van der Waals surface area contributed by atoms with Crippen molar-refractivity contribution in [2.75, 3.05) is 0 Å². The van der Waals surface area contributed by atoms with E-state index in [-0.39, 0.29) is 0 Å². The van der Waals surface area contributed by atoms with E-state index in [0.29, 0.717) is 0 Å². The first-order chi connectivity index (χ1) is 7.33. The first-order valence-electron chi connectivity index (χ1n) is 5.14. The SMILES string of the molecule is Brc1cccc(-c2ncc(C3CC3)[nH]2)c1. The average molecular weight is 263 g/mol. The van der Waals surface area contributed by atoms with Crippen LogP contribution >= 0.6 is 15.9 Å². The molecule has 1 heterocycles. The summed E-state index contributed by atoms with van der Waals surface area (Å²) in [6, 6.07) is 8.20. The minimum absolute atomic E-state index is 0.735. The molecule has 1 N–H and O–H groups in total. The molecule has 0 radical (unpaired) electrons. The van der Waals surface area contributed by atoms with Crippen LogP contribution in [0.4, 0.5) is 0 Å². The van der Waals surface area contributed by atoms with Crippen molar-refractivity contribution in [3.63, 3.8) is 0 Å². The summed E-state index contributed by atoms with van der Waals surface area (Å²) in [6.45, 7) is 0. The van der Waals surface area contributed by atoms with Crippen LogP contribution in [0.2, 0.25) is 0 Å². The van der Waals surface area contributed by atoms with E-state index in [4.69, 9.17) is 0 Å². The fourth-order valence-electron chi connectivity index (χ4n) is 1.72. The van der Waals surface area contributed by atoms with E-state index in [1.165, 1.54) is 18.5 Å². The highest BCUT2D eigenvalue weighted by Gasteiger charge is 2.25. The summed E-state index contributed by atoms with van der Waals surface area (Å²) in [7, 11) is 0. The molecule has 0 aliphatic heterocycles. The summed E-state index contributed by atoms with van der Waals surface area (Å²) in [6.07, 6.45) is 4.58. The van der Waals surface area contributed by atoms with Gasteiger partial charge in [-0.15, -0.1) is 0 Å². The molecule has 1 aliphatic carbocycles. The number of hydrogen-bond acceptors (Lipinski definition) is 1. The smallest absolute Gasteiger partial charge is 0.137 e. The van der Waals surface area contributed by atoms with Crippen LogP contribution < -0.4 is 0 Å². The Morgan fingerprint density at radius 3 is 2.93 bits per heavy atom. The number of nitrogens with zero attached hydrogens (tertiary/aromatic N) is 1. The van der Waals surface area contributed by atoms with Gasteiger partial charge in [0.1, 0.15) is 5.82 Å². The number of rotatable bonds is 2. The predicted octanol–water partition coefficient (Wildman–Crippen LogP) is 3.72. The average Bonchev–Trinajstić information content (AvgIpc) is 2.97. The van der Waals surface area contributed by atoms with Gasteiger partial charge in [-0.1, -0.05) is 28.1 Å². The van der Waals surface area contributed by atoms with Gasteiger partial charge in [0.05, 0.1) is 0 Å². The van der Waals surface area contributed by atoms with Gasteiger partial charge in [-0.2, -0.15) is 0 Å². The van der Waals surface area contributed by atoms with Gasteiger partial charge in [0.2, 0.25) is 0 Å². The number of H-pyrrole nitrogens is 1. The minimum Gasteiger partial charge on any atom is -0.342 e. The maximum absolute atomic E-state index is 4.41. The molecule has 76 valence electrons. The molecule has 0 spiro atoms. The van der Waals surface area contributed by atoms with Crippen LogP contribution in [-0.4, -0.2) is 9.97 Å². The van der Waals surface area contributed by atoms with Gasteiger partial charge in [0.25, 0.3) is 0 Å². The van der Waals surface area contributed by atoms with Gasteiger partial charge >= 0.3 is 0 Å². The summed E-state index contributed by atoms with van der Waals surface area (Å²) >= 11 is 3.47. The highest BCUT2D eigenvalue weighted by molar-refractivity contribution is 9.10. The van der Waals surface area contributed by atoms with Gasteiger partial charge in [-0.25, -0.2) is 4.98 Å². The van der Waals surface area contributed by atoms with Crippen molar-refractivity contribution in [3.05, 3.63) is 40.6 Å². The number of benzene rings is 1. The molecule has 0 unspecified atom stereocenters. The Morgan fingerprint density at radius 2 is 2.20 bits per heavy atom. The number of aromatic amines is 1. The molecule has 1 aliphatic rings. The molecule has 1 aromatic carbocycles. The molecular weight excluding hydrogens is 252 g/mol. The summed E-state index contributed by atoms with van der Waals surface area (Å²) in [4.78, 5) is 7.80. The zero-order valence-corrected chi connectivity index (χ0v) is 9.79. The van der Waals surface area contributed by atoms with Crippen molar-refractivity contribution in [3.8, 4) is 11.4 Å². The molecule has 0 saturated heterocycles. The maximum atomic E-state index is 4.41. The van der Waals surface area contributed by atoms with E-state index >= 15 is 0 Å². The lowest BCUT2D eigenvalue weighted by Crippen LogP contribution is -1.81. The number of imidazole rings is 1. The number of aromatic nitrogens is 2. The van der Waals surface area contributed by atoms with Crippen molar-refractivity contribution in [1.82, 2.24) is 9.97 Å². The molecule has 3 heteroatoms. The fraction of sp³-hybridized carbons (Fsp3) is 0.250. The Kier molecular flexibility index (Phi) is 2.13. The van der Waals surface area contributed by atoms with Gasteiger partial charge in [-0.05, 0) is 25.0 Å². The molecular formula is C12H11BrN2. The van der Waals surface area contributed by atoms with Crippen molar-refractivity contribution >= 4 is 15.9 Å². The maximum Gasteiger partial charge on any atom is 0.137 e. The first kappa shape index (κ1) is 9.16. The van der Waals surface area contributed by atoms with Crippen molar-refractivity contribution in [2.45, 2.75) is 18.8 Å². The highest BCUT2D eigenvalue weighted by atomic mass is 79.9. The third-order valence-electron chi connectivity index (χ3n) is 2.71. The molecule has 1 fully saturated rings. The van der Waals surface area contributed by atoms with Gasteiger partial charge in [-0.3, -0.25) is 0 Å². The topological polar surface area (TPSA) is 28.7 Å². The number of nitrogens with one attached hydrogen (secondary N) is 1. The van der Waals surface area contributed by atoms with E-state index in [2.05, 4.69) is 38.0 Å². The molecule has 2 nitrogen and oxygen atoms in total. The van der Waals surface area contributed by atoms with E-state index in [0.717, 1.165) is 21.8 Å².